The standard InChI is InChI=1S/C10H10N2O2/c1-6-3-4-7-8(5-6)9(13)11-12(2)10(7)14/h3-5H,1-2H3,(H,11,13). The molecule has 2 rings (SSSR count). The van der Waals surface area contributed by atoms with Gasteiger partial charge in [-0.2, -0.15) is 0 Å². The molecule has 0 bridgehead atoms. The lowest BCUT2D eigenvalue weighted by molar-refractivity contribution is 0.704. The van der Waals surface area contributed by atoms with Crippen LogP contribution in [0, 0.1) is 6.92 Å². The van der Waals surface area contributed by atoms with Crippen molar-refractivity contribution in [2.45, 2.75) is 6.92 Å². The Hall–Kier alpha value is -1.84. The molecule has 4 nitrogen and oxygen atoms in total. The Morgan fingerprint density at radius 1 is 1.21 bits per heavy atom. The third kappa shape index (κ3) is 1.16. The third-order valence-electron chi connectivity index (χ3n) is 2.22. The molecule has 14 heavy (non-hydrogen) atoms. The molecule has 2 aromatic rings. The van der Waals surface area contributed by atoms with Gasteiger partial charge in [0.15, 0.2) is 0 Å². The van der Waals surface area contributed by atoms with Crippen LogP contribution in [0.4, 0.5) is 0 Å². The molecule has 0 spiro atoms. The number of aromatic nitrogens is 2. The van der Waals surface area contributed by atoms with Crippen LogP contribution < -0.4 is 11.1 Å². The average Bonchev–Trinajstić information content (AvgIpc) is 2.14. The molecule has 72 valence electrons. The molecule has 0 aliphatic heterocycles. The molecule has 0 saturated carbocycles. The van der Waals surface area contributed by atoms with Crippen molar-refractivity contribution in [1.82, 2.24) is 9.78 Å². The maximum atomic E-state index is 11.6. The summed E-state index contributed by atoms with van der Waals surface area (Å²) in [6.07, 6.45) is 0. The van der Waals surface area contributed by atoms with Crippen LogP contribution >= 0.6 is 0 Å². The van der Waals surface area contributed by atoms with E-state index in [1.165, 1.54) is 11.7 Å². The van der Waals surface area contributed by atoms with E-state index in [0.29, 0.717) is 10.8 Å². The summed E-state index contributed by atoms with van der Waals surface area (Å²) in [5.41, 5.74) is 0.557. The summed E-state index contributed by atoms with van der Waals surface area (Å²) in [5, 5.41) is 3.37. The van der Waals surface area contributed by atoms with Gasteiger partial charge < -0.3 is 0 Å². The molecule has 4 heteroatoms. The minimum absolute atomic E-state index is 0.181. The molecule has 1 aromatic heterocycles. The second kappa shape index (κ2) is 2.83. The van der Waals surface area contributed by atoms with Crippen LogP contribution in [0.15, 0.2) is 27.8 Å². The normalized spacial score (nSPS) is 10.7. The summed E-state index contributed by atoms with van der Waals surface area (Å²) in [6.45, 7) is 1.89. The van der Waals surface area contributed by atoms with E-state index in [0.717, 1.165) is 5.56 Å². The van der Waals surface area contributed by atoms with E-state index in [1.807, 2.05) is 13.0 Å². The molecular formula is C10H10N2O2. The Morgan fingerprint density at radius 2 is 1.93 bits per heavy atom. The second-order valence-corrected chi connectivity index (χ2v) is 3.35. The van der Waals surface area contributed by atoms with Crippen LogP contribution in [0.3, 0.4) is 0 Å². The molecule has 0 aliphatic rings. The number of fused-ring (bicyclic) bond motifs is 1. The lowest BCUT2D eigenvalue weighted by Crippen LogP contribution is -2.27. The number of nitrogens with one attached hydrogen (secondary N) is 1. The number of aromatic amines is 1. The van der Waals surface area contributed by atoms with E-state index in [1.54, 1.807) is 12.1 Å². The van der Waals surface area contributed by atoms with Crippen molar-refractivity contribution in [3.63, 3.8) is 0 Å². The largest absolute Gasteiger partial charge is 0.272 e. The van der Waals surface area contributed by atoms with Crippen molar-refractivity contribution < 1.29 is 0 Å². The Balaban J connectivity index is 3.10. The maximum absolute atomic E-state index is 11.6. The van der Waals surface area contributed by atoms with E-state index < -0.39 is 0 Å². The predicted molar refractivity (Wildman–Crippen MR) is 54.5 cm³/mol. The van der Waals surface area contributed by atoms with E-state index in [2.05, 4.69) is 5.10 Å². The fourth-order valence-corrected chi connectivity index (χ4v) is 1.48. The van der Waals surface area contributed by atoms with E-state index >= 15 is 0 Å². The van der Waals surface area contributed by atoms with Gasteiger partial charge in [0, 0.05) is 7.05 Å². The fraction of sp³-hybridized carbons (Fsp3) is 0.200. The zero-order chi connectivity index (χ0) is 10.3. The lowest BCUT2D eigenvalue weighted by atomic mass is 10.1. The molecule has 0 saturated heterocycles. The fourth-order valence-electron chi connectivity index (χ4n) is 1.48. The smallest absolute Gasteiger partial charge is 0.267 e. The van der Waals surface area contributed by atoms with E-state index in [4.69, 9.17) is 0 Å². The third-order valence-corrected chi connectivity index (χ3v) is 2.22. The minimum Gasteiger partial charge on any atom is -0.267 e. The number of hydrogen-bond acceptors (Lipinski definition) is 2. The van der Waals surface area contributed by atoms with Crippen molar-refractivity contribution in [3.05, 3.63) is 44.5 Å². The molecule has 0 radical (unpaired) electrons. The molecule has 0 fully saturated rings. The van der Waals surface area contributed by atoms with Gasteiger partial charge in [-0.25, -0.2) is 0 Å². The monoisotopic (exact) mass is 190 g/mol. The number of nitrogens with zero attached hydrogens (tertiary/aromatic N) is 1. The Bertz CT molecular complexity index is 608. The Labute approximate surface area is 79.8 Å². The highest BCUT2D eigenvalue weighted by molar-refractivity contribution is 5.81. The first-order valence-electron chi connectivity index (χ1n) is 4.29. The lowest BCUT2D eigenvalue weighted by Gasteiger charge is -2.01. The highest BCUT2D eigenvalue weighted by Gasteiger charge is 2.04. The minimum atomic E-state index is -0.231. The summed E-state index contributed by atoms with van der Waals surface area (Å²) in [4.78, 5) is 23.1. The highest BCUT2D eigenvalue weighted by Crippen LogP contribution is 2.06. The van der Waals surface area contributed by atoms with Gasteiger partial charge in [0.1, 0.15) is 0 Å². The van der Waals surface area contributed by atoms with Gasteiger partial charge in [-0.05, 0) is 19.1 Å². The van der Waals surface area contributed by atoms with Gasteiger partial charge >= 0.3 is 0 Å². The summed E-state index contributed by atoms with van der Waals surface area (Å²) in [5.74, 6) is 0. The van der Waals surface area contributed by atoms with Crippen LogP contribution in [-0.2, 0) is 7.05 Å². The number of hydrogen-bond donors (Lipinski definition) is 1. The molecule has 0 atom stereocenters. The SMILES string of the molecule is Cc1ccc2c(=O)n(C)[nH]c(=O)c2c1. The number of aryl methyl sites for hydroxylation is 2. The summed E-state index contributed by atoms with van der Waals surface area (Å²) in [7, 11) is 1.53. The number of rotatable bonds is 0. The van der Waals surface area contributed by atoms with Crippen LogP contribution in [0.5, 0.6) is 0 Å². The first-order valence-corrected chi connectivity index (χ1v) is 4.29. The summed E-state index contributed by atoms with van der Waals surface area (Å²) < 4.78 is 1.19. The Kier molecular flexibility index (Phi) is 1.77. The average molecular weight is 190 g/mol. The van der Waals surface area contributed by atoms with Crippen LogP contribution in [0.2, 0.25) is 0 Å². The molecular weight excluding hydrogens is 180 g/mol. The van der Waals surface area contributed by atoms with Gasteiger partial charge in [-0.1, -0.05) is 11.6 Å². The molecule has 0 unspecified atom stereocenters. The van der Waals surface area contributed by atoms with E-state index in [-0.39, 0.29) is 11.1 Å². The zero-order valence-corrected chi connectivity index (χ0v) is 8.00. The van der Waals surface area contributed by atoms with Gasteiger partial charge in [-0.15, -0.1) is 0 Å². The molecule has 1 N–H and O–H groups in total. The van der Waals surface area contributed by atoms with Crippen LogP contribution in [-0.4, -0.2) is 9.78 Å². The van der Waals surface area contributed by atoms with Crippen molar-refractivity contribution in [3.8, 4) is 0 Å². The van der Waals surface area contributed by atoms with Crippen molar-refractivity contribution in [1.29, 1.82) is 0 Å². The molecule has 0 aliphatic carbocycles. The van der Waals surface area contributed by atoms with Gasteiger partial charge in [0.2, 0.25) is 0 Å². The molecule has 1 aromatic carbocycles. The quantitative estimate of drug-likeness (QED) is 0.659. The maximum Gasteiger partial charge on any atom is 0.272 e. The Morgan fingerprint density at radius 3 is 2.64 bits per heavy atom. The predicted octanol–water partition coefficient (Wildman–Crippen LogP) is 0.535. The van der Waals surface area contributed by atoms with E-state index in [9.17, 15) is 9.59 Å². The van der Waals surface area contributed by atoms with Crippen LogP contribution in [0.25, 0.3) is 10.8 Å². The number of benzene rings is 1. The highest BCUT2D eigenvalue weighted by atomic mass is 16.1. The van der Waals surface area contributed by atoms with Gasteiger partial charge in [0.05, 0.1) is 10.8 Å². The summed E-state index contributed by atoms with van der Waals surface area (Å²) in [6, 6.07) is 5.22. The van der Waals surface area contributed by atoms with Crippen molar-refractivity contribution in [2.24, 2.45) is 7.05 Å². The topological polar surface area (TPSA) is 54.9 Å². The molecule has 1 heterocycles. The zero-order valence-electron chi connectivity index (χ0n) is 8.00. The van der Waals surface area contributed by atoms with Crippen molar-refractivity contribution >= 4 is 10.8 Å². The van der Waals surface area contributed by atoms with Gasteiger partial charge in [-0.3, -0.25) is 19.4 Å². The van der Waals surface area contributed by atoms with Gasteiger partial charge in [0.25, 0.3) is 11.1 Å². The first kappa shape index (κ1) is 8.74. The summed E-state index contributed by atoms with van der Waals surface area (Å²) >= 11 is 0. The first-order chi connectivity index (χ1) is 6.59. The second-order valence-electron chi connectivity index (χ2n) is 3.35. The molecule has 0 amide bonds. The van der Waals surface area contributed by atoms with Crippen molar-refractivity contribution in [2.75, 3.05) is 0 Å². The van der Waals surface area contributed by atoms with Crippen LogP contribution in [0.1, 0.15) is 5.56 Å². The number of H-pyrrole nitrogens is 1.